The zero-order chi connectivity index (χ0) is 16.3. The summed E-state index contributed by atoms with van der Waals surface area (Å²) in [6.07, 6.45) is -17.6. The molecule has 0 aromatic heterocycles. The maximum atomic E-state index is 13.1. The second-order valence-electron chi connectivity index (χ2n) is 4.10. The highest BCUT2D eigenvalue weighted by Crippen LogP contribution is 2.59. The Bertz CT molecular complexity index is 551. The number of ether oxygens (including phenoxy) is 2. The van der Waals surface area contributed by atoms with Crippen LogP contribution in [-0.4, -0.2) is 18.6 Å². The fraction of sp³-hybridized carbons (Fsp3) is 0.400. The van der Waals surface area contributed by atoms with Crippen molar-refractivity contribution < 1.29 is 44.6 Å². The smallest absolute Gasteiger partial charge is 0.409 e. The molecule has 0 amide bonds. The molecule has 11 heteroatoms. The van der Waals surface area contributed by atoms with Crippen molar-refractivity contribution in [3.63, 3.8) is 0 Å². The van der Waals surface area contributed by atoms with Crippen LogP contribution in [0.4, 0.5) is 40.8 Å². The van der Waals surface area contributed by atoms with Crippen molar-refractivity contribution in [2.75, 3.05) is 5.73 Å². The van der Waals surface area contributed by atoms with Crippen LogP contribution in [0.1, 0.15) is 5.56 Å². The Labute approximate surface area is 111 Å². The van der Waals surface area contributed by atoms with Gasteiger partial charge in [0.2, 0.25) is 0 Å². The van der Waals surface area contributed by atoms with Crippen LogP contribution in [-0.2, 0) is 10.3 Å². The summed E-state index contributed by atoms with van der Waals surface area (Å²) < 4.78 is 111. The fourth-order valence-corrected chi connectivity index (χ4v) is 1.88. The predicted molar refractivity (Wildman–Crippen MR) is 51.3 cm³/mol. The van der Waals surface area contributed by atoms with Gasteiger partial charge in [-0.15, -0.1) is 8.78 Å². The topological polar surface area (TPSA) is 44.5 Å². The zero-order valence-electron chi connectivity index (χ0n) is 9.65. The summed E-state index contributed by atoms with van der Waals surface area (Å²) in [7, 11) is 0. The lowest BCUT2D eigenvalue weighted by Gasteiger charge is -2.42. The summed E-state index contributed by atoms with van der Waals surface area (Å²) in [5.74, 6) is -1.32. The third kappa shape index (κ3) is 2.24. The van der Waals surface area contributed by atoms with Gasteiger partial charge in [0.05, 0.1) is 0 Å². The van der Waals surface area contributed by atoms with E-state index in [1.807, 2.05) is 0 Å². The van der Waals surface area contributed by atoms with Crippen LogP contribution in [0.3, 0.4) is 0 Å². The van der Waals surface area contributed by atoms with Crippen molar-refractivity contribution in [3.05, 3.63) is 23.8 Å². The second kappa shape index (κ2) is 4.12. The number of rotatable bonds is 0. The van der Waals surface area contributed by atoms with E-state index >= 15 is 0 Å². The molecule has 0 bridgehead atoms. The lowest BCUT2D eigenvalue weighted by molar-refractivity contribution is -0.495. The van der Waals surface area contributed by atoms with Crippen molar-refractivity contribution in [1.82, 2.24) is 0 Å². The van der Waals surface area contributed by atoms with Gasteiger partial charge >= 0.3 is 18.6 Å². The van der Waals surface area contributed by atoms with Crippen molar-refractivity contribution >= 4 is 5.69 Å². The molecule has 1 aliphatic heterocycles. The van der Waals surface area contributed by atoms with E-state index < -0.39 is 41.2 Å². The molecule has 2 rings (SSSR count). The SMILES string of the molecule is Nc1ccc2c(c1)C(C(F)(F)F)(C(F)(F)F)OC(F)(F)O2. The van der Waals surface area contributed by atoms with Gasteiger partial charge in [-0.2, -0.15) is 26.3 Å². The van der Waals surface area contributed by atoms with Crippen LogP contribution in [0.25, 0.3) is 0 Å². The highest BCUT2D eigenvalue weighted by Gasteiger charge is 2.79. The lowest BCUT2D eigenvalue weighted by Crippen LogP contribution is -2.61. The number of alkyl halides is 8. The first-order chi connectivity index (χ1) is 9.30. The van der Waals surface area contributed by atoms with E-state index in [4.69, 9.17) is 5.73 Å². The standard InChI is InChI=1S/C10H5F8NO2/c11-8(12,13)7(9(14,15)16)5-3-4(19)1-2-6(5)20-10(17,18)21-7/h1-3H,19H2. The number of anilines is 1. The predicted octanol–water partition coefficient (Wildman–Crippen LogP) is 3.55. The van der Waals surface area contributed by atoms with Gasteiger partial charge in [0.15, 0.2) is 0 Å². The molecule has 118 valence electrons. The first kappa shape index (κ1) is 15.6. The van der Waals surface area contributed by atoms with E-state index in [2.05, 4.69) is 9.47 Å². The fourth-order valence-electron chi connectivity index (χ4n) is 1.88. The van der Waals surface area contributed by atoms with E-state index in [-0.39, 0.29) is 6.07 Å². The molecule has 0 unspecified atom stereocenters. The maximum absolute atomic E-state index is 13.1. The van der Waals surface area contributed by atoms with E-state index in [0.717, 1.165) is 6.07 Å². The molecular weight excluding hydrogens is 318 g/mol. The Morgan fingerprint density at radius 2 is 1.48 bits per heavy atom. The molecule has 21 heavy (non-hydrogen) atoms. The summed E-state index contributed by atoms with van der Waals surface area (Å²) in [5.41, 5.74) is -2.32. The van der Waals surface area contributed by atoms with Gasteiger partial charge in [0, 0.05) is 11.3 Å². The normalized spacial score (nSPS) is 20.6. The molecule has 1 aromatic rings. The minimum Gasteiger partial charge on any atom is -0.409 e. The summed E-state index contributed by atoms with van der Waals surface area (Å²) >= 11 is 0. The first-order valence-corrected chi connectivity index (χ1v) is 5.11. The molecule has 0 fully saturated rings. The molecule has 1 heterocycles. The number of benzene rings is 1. The Balaban J connectivity index is 2.85. The van der Waals surface area contributed by atoms with E-state index in [1.54, 1.807) is 0 Å². The molecule has 0 saturated heterocycles. The quantitative estimate of drug-likeness (QED) is 0.587. The van der Waals surface area contributed by atoms with Crippen molar-refractivity contribution in [2.24, 2.45) is 0 Å². The summed E-state index contributed by atoms with van der Waals surface area (Å²) in [6, 6.07) is 1.52. The van der Waals surface area contributed by atoms with Crippen molar-refractivity contribution in [3.8, 4) is 5.75 Å². The van der Waals surface area contributed by atoms with Crippen molar-refractivity contribution in [1.29, 1.82) is 0 Å². The third-order valence-corrected chi connectivity index (χ3v) is 2.68. The average Bonchev–Trinajstić information content (AvgIpc) is 2.24. The molecule has 0 saturated carbocycles. The molecular formula is C10H5F8NO2. The minimum atomic E-state index is -6.22. The van der Waals surface area contributed by atoms with Gasteiger partial charge in [-0.05, 0) is 18.2 Å². The van der Waals surface area contributed by atoms with Crippen LogP contribution >= 0.6 is 0 Å². The van der Waals surface area contributed by atoms with Crippen LogP contribution in [0, 0.1) is 0 Å². The number of hydrogen-bond acceptors (Lipinski definition) is 3. The Morgan fingerprint density at radius 3 is 1.95 bits per heavy atom. The van der Waals surface area contributed by atoms with Crippen LogP contribution in [0.5, 0.6) is 5.75 Å². The molecule has 0 aliphatic carbocycles. The molecule has 2 N–H and O–H groups in total. The van der Waals surface area contributed by atoms with Crippen LogP contribution in [0.2, 0.25) is 0 Å². The molecule has 0 spiro atoms. The number of halogens is 8. The van der Waals surface area contributed by atoms with Crippen LogP contribution in [0.15, 0.2) is 18.2 Å². The van der Waals surface area contributed by atoms with Gasteiger partial charge in [-0.1, -0.05) is 0 Å². The highest BCUT2D eigenvalue weighted by molar-refractivity contribution is 5.52. The number of fused-ring (bicyclic) bond motifs is 1. The zero-order valence-corrected chi connectivity index (χ0v) is 9.65. The monoisotopic (exact) mass is 323 g/mol. The number of nitrogen functional groups attached to an aromatic ring is 1. The Hall–Kier alpha value is -1.78. The summed E-state index contributed by atoms with van der Waals surface area (Å²) in [4.78, 5) is 0. The minimum absolute atomic E-state index is 0.228. The van der Waals surface area contributed by atoms with Gasteiger partial charge in [0.1, 0.15) is 5.75 Å². The number of hydrogen-bond donors (Lipinski definition) is 1. The average molecular weight is 323 g/mol. The molecule has 3 nitrogen and oxygen atoms in total. The number of nitrogens with two attached hydrogens (primary N) is 1. The largest absolute Gasteiger partial charge is 0.536 e. The van der Waals surface area contributed by atoms with E-state index in [9.17, 15) is 35.1 Å². The Kier molecular flexibility index (Phi) is 3.06. The third-order valence-electron chi connectivity index (χ3n) is 2.68. The summed E-state index contributed by atoms with van der Waals surface area (Å²) in [5, 5.41) is 0. The first-order valence-electron chi connectivity index (χ1n) is 5.11. The van der Waals surface area contributed by atoms with Crippen LogP contribution < -0.4 is 10.5 Å². The van der Waals surface area contributed by atoms with Gasteiger partial charge < -0.3 is 10.5 Å². The molecule has 0 radical (unpaired) electrons. The molecule has 0 atom stereocenters. The van der Waals surface area contributed by atoms with Gasteiger partial charge in [0.25, 0.3) is 5.60 Å². The lowest BCUT2D eigenvalue weighted by atomic mass is 9.90. The maximum Gasteiger partial charge on any atom is 0.536 e. The second-order valence-corrected chi connectivity index (χ2v) is 4.10. The summed E-state index contributed by atoms with van der Waals surface area (Å²) in [6.45, 7) is 0. The van der Waals surface area contributed by atoms with E-state index in [0.29, 0.717) is 6.07 Å². The Morgan fingerprint density at radius 1 is 0.952 bits per heavy atom. The molecule has 1 aromatic carbocycles. The van der Waals surface area contributed by atoms with Gasteiger partial charge in [-0.25, -0.2) is 0 Å². The highest BCUT2D eigenvalue weighted by atomic mass is 19.4. The van der Waals surface area contributed by atoms with Crippen molar-refractivity contribution in [2.45, 2.75) is 24.2 Å². The van der Waals surface area contributed by atoms with Gasteiger partial charge in [-0.3, -0.25) is 4.74 Å². The van der Waals surface area contributed by atoms with E-state index in [1.165, 1.54) is 0 Å². The molecule has 1 aliphatic rings.